The van der Waals surface area contributed by atoms with Gasteiger partial charge in [-0.05, 0) is 45.3 Å². The Morgan fingerprint density at radius 1 is 1.36 bits per heavy atom. The maximum absolute atomic E-state index is 12.6. The summed E-state index contributed by atoms with van der Waals surface area (Å²) in [6, 6.07) is 1.83. The summed E-state index contributed by atoms with van der Waals surface area (Å²) in [5, 5.41) is 0. The molecule has 3 aliphatic heterocycles. The predicted octanol–water partition coefficient (Wildman–Crippen LogP) is 2.07. The monoisotopic (exact) mass is 348 g/mol. The van der Waals surface area contributed by atoms with Crippen LogP contribution in [0.2, 0.25) is 0 Å². The second-order valence-electron chi connectivity index (χ2n) is 7.65. The quantitative estimate of drug-likeness (QED) is 0.815. The van der Waals surface area contributed by atoms with Crippen molar-refractivity contribution in [1.82, 2.24) is 9.80 Å². The molecule has 6 heteroatoms. The van der Waals surface area contributed by atoms with Crippen molar-refractivity contribution in [2.45, 2.75) is 44.3 Å². The molecule has 0 unspecified atom stereocenters. The molecule has 3 fully saturated rings. The molecule has 25 heavy (non-hydrogen) atoms. The summed E-state index contributed by atoms with van der Waals surface area (Å²) in [6.45, 7) is 8.11. The minimum Gasteiger partial charge on any atom is -0.459 e. The summed E-state index contributed by atoms with van der Waals surface area (Å²) in [7, 11) is 0. The first kappa shape index (κ1) is 17.1. The first-order chi connectivity index (χ1) is 12.2. The molecule has 1 aromatic rings. The van der Waals surface area contributed by atoms with Gasteiger partial charge in [-0.15, -0.1) is 0 Å². The number of likely N-dealkylation sites (tertiary alicyclic amines) is 2. The predicted molar refractivity (Wildman–Crippen MR) is 92.7 cm³/mol. The van der Waals surface area contributed by atoms with Gasteiger partial charge in [0.2, 0.25) is 0 Å². The zero-order chi connectivity index (χ0) is 17.3. The molecule has 0 saturated carbocycles. The van der Waals surface area contributed by atoms with E-state index in [1.165, 1.54) is 25.9 Å². The summed E-state index contributed by atoms with van der Waals surface area (Å²) >= 11 is 0. The highest BCUT2D eigenvalue weighted by molar-refractivity contribution is 5.93. The summed E-state index contributed by atoms with van der Waals surface area (Å²) < 4.78 is 17.5. The van der Waals surface area contributed by atoms with E-state index in [9.17, 15) is 4.79 Å². The van der Waals surface area contributed by atoms with E-state index >= 15 is 0 Å². The highest BCUT2D eigenvalue weighted by atomic mass is 16.6. The van der Waals surface area contributed by atoms with Gasteiger partial charge in [0.1, 0.15) is 0 Å². The molecule has 1 aromatic heterocycles. The number of furan rings is 1. The van der Waals surface area contributed by atoms with Gasteiger partial charge >= 0.3 is 0 Å². The number of amides is 1. The van der Waals surface area contributed by atoms with E-state index < -0.39 is 0 Å². The van der Waals surface area contributed by atoms with Crippen LogP contribution in [0.1, 0.15) is 41.8 Å². The molecular weight excluding hydrogens is 320 g/mol. The Labute approximate surface area is 149 Å². The molecule has 3 saturated heterocycles. The van der Waals surface area contributed by atoms with Crippen LogP contribution in [-0.4, -0.2) is 73.3 Å². The third-order valence-corrected chi connectivity index (χ3v) is 5.79. The van der Waals surface area contributed by atoms with E-state index in [1.807, 2.05) is 17.9 Å². The third-order valence-electron chi connectivity index (χ3n) is 5.79. The molecule has 4 heterocycles. The zero-order valence-electron chi connectivity index (χ0n) is 15.0. The van der Waals surface area contributed by atoms with Crippen LogP contribution in [0.25, 0.3) is 0 Å². The number of carbonyl (C=O) groups is 1. The Hall–Kier alpha value is -1.37. The molecule has 2 atom stereocenters. The number of rotatable bonds is 5. The molecule has 0 aliphatic carbocycles. The van der Waals surface area contributed by atoms with Gasteiger partial charge in [0, 0.05) is 25.1 Å². The van der Waals surface area contributed by atoms with E-state index in [4.69, 9.17) is 13.9 Å². The van der Waals surface area contributed by atoms with Gasteiger partial charge in [-0.25, -0.2) is 0 Å². The van der Waals surface area contributed by atoms with Crippen molar-refractivity contribution >= 4 is 5.91 Å². The van der Waals surface area contributed by atoms with Crippen molar-refractivity contribution in [3.8, 4) is 0 Å². The highest BCUT2D eigenvalue weighted by Crippen LogP contribution is 2.37. The van der Waals surface area contributed by atoms with Crippen LogP contribution >= 0.6 is 0 Å². The van der Waals surface area contributed by atoms with Gasteiger partial charge in [0.05, 0.1) is 37.7 Å². The SMILES string of the molecule is Cc1ccoc1C(=O)N1CC[C@]2(C[C@H](OCCN3CCCC3)CO2)C1. The number of carbonyl (C=O) groups excluding carboxylic acids is 1. The molecule has 0 N–H and O–H groups in total. The zero-order valence-corrected chi connectivity index (χ0v) is 15.0. The maximum Gasteiger partial charge on any atom is 0.289 e. The molecule has 6 nitrogen and oxygen atoms in total. The average molecular weight is 348 g/mol. The van der Waals surface area contributed by atoms with Crippen LogP contribution in [0.15, 0.2) is 16.7 Å². The van der Waals surface area contributed by atoms with E-state index in [-0.39, 0.29) is 17.6 Å². The molecule has 0 radical (unpaired) electrons. The largest absolute Gasteiger partial charge is 0.459 e. The molecule has 1 spiro atoms. The van der Waals surface area contributed by atoms with Gasteiger partial charge < -0.3 is 23.7 Å². The fourth-order valence-electron chi connectivity index (χ4n) is 4.30. The molecule has 3 aliphatic rings. The van der Waals surface area contributed by atoms with Crippen LogP contribution < -0.4 is 0 Å². The minimum atomic E-state index is -0.228. The number of hydrogen-bond acceptors (Lipinski definition) is 5. The topological polar surface area (TPSA) is 55.2 Å². The van der Waals surface area contributed by atoms with Gasteiger partial charge in [0.25, 0.3) is 5.91 Å². The summed E-state index contributed by atoms with van der Waals surface area (Å²) in [5.41, 5.74) is 0.662. The number of nitrogens with zero attached hydrogens (tertiary/aromatic N) is 2. The molecule has 4 rings (SSSR count). The van der Waals surface area contributed by atoms with Gasteiger partial charge in [-0.3, -0.25) is 4.79 Å². The second-order valence-corrected chi connectivity index (χ2v) is 7.65. The van der Waals surface area contributed by atoms with Crippen molar-refractivity contribution in [2.24, 2.45) is 0 Å². The van der Waals surface area contributed by atoms with Crippen LogP contribution in [0.4, 0.5) is 0 Å². The lowest BCUT2D eigenvalue weighted by Gasteiger charge is -2.23. The van der Waals surface area contributed by atoms with Crippen molar-refractivity contribution in [3.63, 3.8) is 0 Å². The Morgan fingerprint density at radius 2 is 2.20 bits per heavy atom. The van der Waals surface area contributed by atoms with E-state index in [0.717, 1.165) is 38.1 Å². The molecular formula is C19H28N2O4. The maximum atomic E-state index is 12.6. The lowest BCUT2D eigenvalue weighted by Crippen LogP contribution is -2.36. The highest BCUT2D eigenvalue weighted by Gasteiger charge is 2.47. The van der Waals surface area contributed by atoms with Gasteiger partial charge in [-0.1, -0.05) is 0 Å². The van der Waals surface area contributed by atoms with Crippen LogP contribution in [0, 0.1) is 6.92 Å². The van der Waals surface area contributed by atoms with Gasteiger partial charge in [0.15, 0.2) is 5.76 Å². The van der Waals surface area contributed by atoms with E-state index in [2.05, 4.69) is 4.90 Å². The van der Waals surface area contributed by atoms with Crippen molar-refractivity contribution < 1.29 is 18.7 Å². The fourth-order valence-corrected chi connectivity index (χ4v) is 4.30. The van der Waals surface area contributed by atoms with Crippen molar-refractivity contribution in [1.29, 1.82) is 0 Å². The Kier molecular flexibility index (Phi) is 4.84. The summed E-state index contributed by atoms with van der Waals surface area (Å²) in [5.74, 6) is 0.426. The fraction of sp³-hybridized carbons (Fsp3) is 0.737. The smallest absolute Gasteiger partial charge is 0.289 e. The molecule has 138 valence electrons. The number of hydrogen-bond donors (Lipinski definition) is 0. The third kappa shape index (κ3) is 3.61. The molecule has 0 bridgehead atoms. The van der Waals surface area contributed by atoms with Crippen LogP contribution in [0.5, 0.6) is 0 Å². The lowest BCUT2D eigenvalue weighted by molar-refractivity contribution is 0.000819. The van der Waals surface area contributed by atoms with Gasteiger partial charge in [-0.2, -0.15) is 0 Å². The standard InChI is InChI=1S/C19H28N2O4/c1-15-4-10-24-17(15)18(22)21-8-5-19(14-21)12-16(13-25-19)23-11-9-20-6-2-3-7-20/h4,10,16H,2-3,5-9,11-14H2,1H3/t16-,19-/m0/s1. The van der Waals surface area contributed by atoms with Crippen molar-refractivity contribution in [3.05, 3.63) is 23.7 Å². The number of aryl methyl sites for hydroxylation is 1. The molecule has 1 amide bonds. The normalized spacial score (nSPS) is 30.0. The van der Waals surface area contributed by atoms with Crippen molar-refractivity contribution in [2.75, 3.05) is 45.9 Å². The minimum absolute atomic E-state index is 0.0265. The Morgan fingerprint density at radius 3 is 2.96 bits per heavy atom. The first-order valence-electron chi connectivity index (χ1n) is 9.47. The first-order valence-corrected chi connectivity index (χ1v) is 9.47. The lowest BCUT2D eigenvalue weighted by atomic mass is 9.98. The Bertz CT molecular complexity index is 610. The van der Waals surface area contributed by atoms with E-state index in [0.29, 0.717) is 18.9 Å². The Balaban J connectivity index is 1.26. The van der Waals surface area contributed by atoms with E-state index in [1.54, 1.807) is 6.26 Å². The molecule has 0 aromatic carbocycles. The second kappa shape index (κ2) is 7.09. The number of ether oxygens (including phenoxy) is 2. The summed E-state index contributed by atoms with van der Waals surface area (Å²) in [4.78, 5) is 16.9. The van der Waals surface area contributed by atoms with Crippen LogP contribution in [0.3, 0.4) is 0 Å². The summed E-state index contributed by atoms with van der Waals surface area (Å²) in [6.07, 6.45) is 6.12. The average Bonchev–Trinajstić information content (AvgIpc) is 3.38. The van der Waals surface area contributed by atoms with Crippen LogP contribution in [-0.2, 0) is 9.47 Å².